The molecule has 0 atom stereocenters. The maximum absolute atomic E-state index is 4.86. The van der Waals surface area contributed by atoms with Gasteiger partial charge in [-0.1, -0.05) is 0 Å². The van der Waals surface area contributed by atoms with E-state index in [1.54, 1.807) is 0 Å². The van der Waals surface area contributed by atoms with E-state index in [1.807, 2.05) is 12.3 Å². The maximum Gasteiger partial charge on any atom is 0.159 e. The molecule has 3 heterocycles. The summed E-state index contributed by atoms with van der Waals surface area (Å²) < 4.78 is 2.30. The number of hydrogen-bond acceptors (Lipinski definition) is 3. The number of rotatable bonds is 3. The Labute approximate surface area is 120 Å². The number of imidazole rings is 1. The first kappa shape index (κ1) is 13.6. The lowest BCUT2D eigenvalue weighted by Crippen LogP contribution is -2.38. The predicted molar refractivity (Wildman–Crippen MR) is 81.9 cm³/mol. The van der Waals surface area contributed by atoms with Crippen molar-refractivity contribution in [2.45, 2.75) is 52.1 Å². The van der Waals surface area contributed by atoms with Crippen LogP contribution >= 0.6 is 0 Å². The van der Waals surface area contributed by atoms with E-state index in [1.165, 1.54) is 31.8 Å². The molecule has 0 aromatic carbocycles. The molecule has 0 N–H and O–H groups in total. The Hall–Kier alpha value is -1.42. The van der Waals surface area contributed by atoms with Gasteiger partial charge in [0, 0.05) is 24.7 Å². The second-order valence-corrected chi connectivity index (χ2v) is 5.96. The highest BCUT2D eigenvalue weighted by atomic mass is 15.2. The molecule has 2 aromatic heterocycles. The molecule has 1 aliphatic rings. The van der Waals surface area contributed by atoms with Gasteiger partial charge in [-0.15, -0.1) is 0 Å². The van der Waals surface area contributed by atoms with E-state index in [4.69, 9.17) is 4.98 Å². The van der Waals surface area contributed by atoms with Crippen LogP contribution in [0.3, 0.4) is 0 Å². The minimum atomic E-state index is 0.583. The van der Waals surface area contributed by atoms with Crippen LogP contribution in [0.2, 0.25) is 0 Å². The molecule has 2 aromatic rings. The first-order chi connectivity index (χ1) is 9.70. The number of nitrogens with zero attached hydrogens (tertiary/aromatic N) is 4. The minimum Gasteiger partial charge on any atom is -0.313 e. The predicted octanol–water partition coefficient (Wildman–Crippen LogP) is 3.04. The van der Waals surface area contributed by atoms with Gasteiger partial charge in [-0.25, -0.2) is 9.97 Å². The van der Waals surface area contributed by atoms with Crippen LogP contribution in [0.1, 0.15) is 45.4 Å². The van der Waals surface area contributed by atoms with Crippen LogP contribution in [0.25, 0.3) is 11.2 Å². The number of aromatic nitrogens is 3. The standard InChI is InChI=1S/C16H24N4/c1-4-20-15(18-14-6-5-9-17-16(14)20)13-7-10-19(11-8-13)12(2)3/h5-6,9,12-13H,4,7-8,10-11H2,1-3H3. The summed E-state index contributed by atoms with van der Waals surface area (Å²) in [5.74, 6) is 1.82. The Balaban J connectivity index is 1.87. The second kappa shape index (κ2) is 5.52. The van der Waals surface area contributed by atoms with Gasteiger partial charge in [0.05, 0.1) is 0 Å². The number of piperidine rings is 1. The van der Waals surface area contributed by atoms with Crippen LogP contribution in [0.15, 0.2) is 18.3 Å². The van der Waals surface area contributed by atoms with E-state index >= 15 is 0 Å². The fraction of sp³-hybridized carbons (Fsp3) is 0.625. The molecule has 0 spiro atoms. The molecule has 1 saturated heterocycles. The van der Waals surface area contributed by atoms with E-state index in [-0.39, 0.29) is 0 Å². The molecule has 0 aliphatic carbocycles. The van der Waals surface area contributed by atoms with Crippen LogP contribution in [-0.4, -0.2) is 38.6 Å². The molecule has 1 aliphatic heterocycles. The van der Waals surface area contributed by atoms with Crippen molar-refractivity contribution < 1.29 is 0 Å². The number of aryl methyl sites for hydroxylation is 1. The summed E-state index contributed by atoms with van der Waals surface area (Å²) in [5.41, 5.74) is 2.08. The van der Waals surface area contributed by atoms with Crippen molar-refractivity contribution in [3.05, 3.63) is 24.2 Å². The highest BCUT2D eigenvalue weighted by molar-refractivity contribution is 5.71. The van der Waals surface area contributed by atoms with Crippen molar-refractivity contribution in [3.63, 3.8) is 0 Å². The summed E-state index contributed by atoms with van der Waals surface area (Å²) in [6, 6.07) is 4.70. The van der Waals surface area contributed by atoms with Gasteiger partial charge in [0.15, 0.2) is 5.65 Å². The summed E-state index contributed by atoms with van der Waals surface area (Å²) in [7, 11) is 0. The van der Waals surface area contributed by atoms with E-state index < -0.39 is 0 Å². The number of hydrogen-bond donors (Lipinski definition) is 0. The maximum atomic E-state index is 4.86. The van der Waals surface area contributed by atoms with E-state index in [0.29, 0.717) is 12.0 Å². The topological polar surface area (TPSA) is 34.0 Å². The molecule has 0 saturated carbocycles. The van der Waals surface area contributed by atoms with Crippen molar-refractivity contribution >= 4 is 11.2 Å². The summed E-state index contributed by atoms with van der Waals surface area (Å²) in [4.78, 5) is 11.9. The summed E-state index contributed by atoms with van der Waals surface area (Å²) in [6.45, 7) is 10.1. The highest BCUT2D eigenvalue weighted by Gasteiger charge is 2.26. The number of fused-ring (bicyclic) bond motifs is 1. The monoisotopic (exact) mass is 272 g/mol. The third kappa shape index (κ3) is 2.33. The third-order valence-electron chi connectivity index (χ3n) is 4.47. The molecule has 4 nitrogen and oxygen atoms in total. The minimum absolute atomic E-state index is 0.583. The zero-order valence-corrected chi connectivity index (χ0v) is 12.7. The average molecular weight is 272 g/mol. The molecule has 108 valence electrons. The van der Waals surface area contributed by atoms with Crippen LogP contribution < -0.4 is 0 Å². The molecule has 0 unspecified atom stereocenters. The molecule has 20 heavy (non-hydrogen) atoms. The second-order valence-electron chi connectivity index (χ2n) is 5.96. The first-order valence-corrected chi connectivity index (χ1v) is 7.76. The van der Waals surface area contributed by atoms with Crippen LogP contribution in [0, 0.1) is 0 Å². The summed E-state index contributed by atoms with van der Waals surface area (Å²) in [5, 5.41) is 0. The SMILES string of the molecule is CCn1c(C2CCN(C(C)C)CC2)nc2cccnc21. The summed E-state index contributed by atoms with van der Waals surface area (Å²) >= 11 is 0. The van der Waals surface area contributed by atoms with Crippen LogP contribution in [0.5, 0.6) is 0 Å². The van der Waals surface area contributed by atoms with Gasteiger partial charge in [-0.3, -0.25) is 0 Å². The zero-order chi connectivity index (χ0) is 14.1. The molecular formula is C16H24N4. The Morgan fingerprint density at radius 2 is 2.05 bits per heavy atom. The van der Waals surface area contributed by atoms with Gasteiger partial charge >= 0.3 is 0 Å². The molecule has 0 amide bonds. The van der Waals surface area contributed by atoms with E-state index in [9.17, 15) is 0 Å². The van der Waals surface area contributed by atoms with Crippen molar-refractivity contribution in [1.29, 1.82) is 0 Å². The van der Waals surface area contributed by atoms with Gasteiger partial charge in [0.1, 0.15) is 11.3 Å². The largest absolute Gasteiger partial charge is 0.313 e. The highest BCUT2D eigenvalue weighted by Crippen LogP contribution is 2.30. The van der Waals surface area contributed by atoms with Crippen LogP contribution in [0.4, 0.5) is 0 Å². The summed E-state index contributed by atoms with van der Waals surface area (Å²) in [6.07, 6.45) is 4.28. The lowest BCUT2D eigenvalue weighted by Gasteiger charge is -2.34. The Kier molecular flexibility index (Phi) is 3.74. The van der Waals surface area contributed by atoms with Crippen LogP contribution in [-0.2, 0) is 6.54 Å². The smallest absolute Gasteiger partial charge is 0.159 e. The Morgan fingerprint density at radius 3 is 2.70 bits per heavy atom. The Bertz CT molecular complexity index is 579. The third-order valence-corrected chi connectivity index (χ3v) is 4.47. The molecule has 3 rings (SSSR count). The van der Waals surface area contributed by atoms with Gasteiger partial charge in [0.25, 0.3) is 0 Å². The van der Waals surface area contributed by atoms with Gasteiger partial charge in [-0.2, -0.15) is 0 Å². The fourth-order valence-corrected chi connectivity index (χ4v) is 3.27. The molecule has 0 bridgehead atoms. The molecule has 4 heteroatoms. The lowest BCUT2D eigenvalue weighted by atomic mass is 9.95. The van der Waals surface area contributed by atoms with Crippen molar-refractivity contribution in [3.8, 4) is 0 Å². The number of pyridine rings is 1. The van der Waals surface area contributed by atoms with Gasteiger partial charge < -0.3 is 9.47 Å². The quantitative estimate of drug-likeness (QED) is 0.861. The normalized spacial score (nSPS) is 18.2. The van der Waals surface area contributed by atoms with Crippen molar-refractivity contribution in [2.24, 2.45) is 0 Å². The van der Waals surface area contributed by atoms with E-state index in [2.05, 4.69) is 41.3 Å². The Morgan fingerprint density at radius 1 is 1.30 bits per heavy atom. The molecular weight excluding hydrogens is 248 g/mol. The molecule has 0 radical (unpaired) electrons. The van der Waals surface area contributed by atoms with Gasteiger partial charge in [-0.05, 0) is 58.8 Å². The number of likely N-dealkylation sites (tertiary alicyclic amines) is 1. The van der Waals surface area contributed by atoms with Crippen molar-refractivity contribution in [2.75, 3.05) is 13.1 Å². The van der Waals surface area contributed by atoms with Gasteiger partial charge in [0.2, 0.25) is 0 Å². The fourth-order valence-electron chi connectivity index (χ4n) is 3.27. The zero-order valence-electron chi connectivity index (χ0n) is 12.7. The van der Waals surface area contributed by atoms with E-state index in [0.717, 1.165) is 17.7 Å². The average Bonchev–Trinajstić information content (AvgIpc) is 2.85. The van der Waals surface area contributed by atoms with Crippen molar-refractivity contribution in [1.82, 2.24) is 19.4 Å². The first-order valence-electron chi connectivity index (χ1n) is 7.76. The molecule has 1 fully saturated rings. The lowest BCUT2D eigenvalue weighted by molar-refractivity contribution is 0.168.